The first-order valence-corrected chi connectivity index (χ1v) is 21.9. The number of rotatable bonds is 5. The maximum atomic E-state index is 7.08. The lowest BCUT2D eigenvalue weighted by Gasteiger charge is -2.43. The molecule has 10 rings (SSSR count). The monoisotopic (exact) mass is 768 g/mol. The summed E-state index contributed by atoms with van der Waals surface area (Å²) in [4.78, 5) is 0. The molecule has 1 heterocycles. The van der Waals surface area contributed by atoms with Crippen molar-refractivity contribution in [3.63, 3.8) is 0 Å². The number of ether oxygens (including phenoxy) is 1. The van der Waals surface area contributed by atoms with E-state index in [-0.39, 0.29) is 16.9 Å². The zero-order chi connectivity index (χ0) is 40.5. The first kappa shape index (κ1) is 37.6. The van der Waals surface area contributed by atoms with Crippen LogP contribution in [0.3, 0.4) is 0 Å². The van der Waals surface area contributed by atoms with E-state index >= 15 is 0 Å². The standard InChI is InChI=1S/C58H56O/c1-57(2,3)47-22-11-19-40(34-47)45-31-44(32-46(33-45)41-20-12-23-48(35-41)58(4,5)6)39-18-9-16-37(29-39)38-17-10-21-42(30-38)50-25-13-28-53-52-27-14-26-51-49-24-8-7-15-43(49)36-54(55(51)52)59-56(50)53/h7-11,13-22,24-26,28-33,35-36,40,52,54-55H,12,23,27,34H2,1-6H3. The molecule has 0 spiro atoms. The van der Waals surface area contributed by atoms with Crippen LogP contribution in [0.1, 0.15) is 95.8 Å². The Morgan fingerprint density at radius 2 is 1.36 bits per heavy atom. The average Bonchev–Trinajstić information content (AvgIpc) is 3.26. The Kier molecular flexibility index (Phi) is 9.28. The number of allylic oxidation sites excluding steroid dienone is 10. The van der Waals surface area contributed by atoms with Gasteiger partial charge in [-0.3, -0.25) is 0 Å². The lowest BCUT2D eigenvalue weighted by molar-refractivity contribution is 0.173. The van der Waals surface area contributed by atoms with Gasteiger partial charge in [0.25, 0.3) is 0 Å². The van der Waals surface area contributed by atoms with Gasteiger partial charge in [-0.2, -0.15) is 0 Å². The highest BCUT2D eigenvalue weighted by Gasteiger charge is 2.42. The maximum Gasteiger partial charge on any atom is 0.131 e. The van der Waals surface area contributed by atoms with E-state index in [1.165, 1.54) is 82.8 Å². The van der Waals surface area contributed by atoms with Crippen LogP contribution in [0, 0.1) is 16.7 Å². The molecule has 0 radical (unpaired) electrons. The molecule has 0 amide bonds. The molecule has 59 heavy (non-hydrogen) atoms. The van der Waals surface area contributed by atoms with Crippen LogP contribution in [-0.4, -0.2) is 6.10 Å². The molecule has 1 aliphatic heterocycles. The number of fused-ring (bicyclic) bond motifs is 3. The predicted octanol–water partition coefficient (Wildman–Crippen LogP) is 13.9. The van der Waals surface area contributed by atoms with Crippen molar-refractivity contribution in [1.29, 1.82) is 0 Å². The summed E-state index contributed by atoms with van der Waals surface area (Å²) < 4.78 is 7.08. The third-order valence-electron chi connectivity index (χ3n) is 13.7. The molecule has 5 aromatic rings. The first-order valence-electron chi connectivity index (χ1n) is 21.9. The Morgan fingerprint density at radius 1 is 0.661 bits per heavy atom. The predicted molar refractivity (Wildman–Crippen MR) is 250 cm³/mol. The quantitative estimate of drug-likeness (QED) is 0.173. The molecule has 4 unspecified atom stereocenters. The van der Waals surface area contributed by atoms with Gasteiger partial charge in [-0.15, -0.1) is 0 Å². The van der Waals surface area contributed by atoms with E-state index in [1.807, 2.05) is 0 Å². The van der Waals surface area contributed by atoms with Gasteiger partial charge < -0.3 is 4.74 Å². The van der Waals surface area contributed by atoms with Crippen LogP contribution in [-0.2, 0) is 0 Å². The van der Waals surface area contributed by atoms with E-state index in [2.05, 4.69) is 199 Å². The van der Waals surface area contributed by atoms with E-state index in [1.54, 1.807) is 0 Å². The minimum atomic E-state index is 0.0177. The Hall–Kier alpha value is -5.66. The number of para-hydroxylation sites is 1. The van der Waals surface area contributed by atoms with E-state index in [0.29, 0.717) is 17.8 Å². The van der Waals surface area contributed by atoms with Crippen molar-refractivity contribution in [3.05, 3.63) is 190 Å². The molecule has 0 saturated carbocycles. The van der Waals surface area contributed by atoms with Crippen molar-refractivity contribution in [2.45, 2.75) is 85.2 Å². The summed E-state index contributed by atoms with van der Waals surface area (Å²) in [7, 11) is 0. The Bertz CT molecular complexity index is 2780. The number of benzene rings is 5. The highest BCUT2D eigenvalue weighted by atomic mass is 16.5. The third kappa shape index (κ3) is 7.03. The molecule has 0 N–H and O–H groups in total. The van der Waals surface area contributed by atoms with Gasteiger partial charge >= 0.3 is 0 Å². The van der Waals surface area contributed by atoms with E-state index < -0.39 is 0 Å². The number of hydrogen-bond donors (Lipinski definition) is 0. The van der Waals surface area contributed by atoms with Crippen LogP contribution in [0.2, 0.25) is 0 Å². The van der Waals surface area contributed by atoms with Gasteiger partial charge in [0.1, 0.15) is 11.9 Å². The number of hydrogen-bond acceptors (Lipinski definition) is 1. The fraction of sp³-hybridized carbons (Fsp3) is 0.276. The second kappa shape index (κ2) is 14.6. The minimum absolute atomic E-state index is 0.0177. The fourth-order valence-corrected chi connectivity index (χ4v) is 10.3. The first-order chi connectivity index (χ1) is 28.5. The third-order valence-corrected chi connectivity index (χ3v) is 13.7. The molecule has 0 fully saturated rings. The van der Waals surface area contributed by atoms with Crippen molar-refractivity contribution >= 4 is 17.2 Å². The van der Waals surface area contributed by atoms with Crippen molar-refractivity contribution in [2.75, 3.05) is 0 Å². The Morgan fingerprint density at radius 3 is 2.15 bits per heavy atom. The van der Waals surface area contributed by atoms with Crippen molar-refractivity contribution < 1.29 is 4.74 Å². The molecule has 1 heteroatoms. The van der Waals surface area contributed by atoms with Gasteiger partial charge in [0, 0.05) is 23.3 Å². The van der Waals surface area contributed by atoms with Gasteiger partial charge in [0.2, 0.25) is 0 Å². The molecule has 5 aromatic carbocycles. The van der Waals surface area contributed by atoms with Crippen molar-refractivity contribution in [3.8, 4) is 39.1 Å². The van der Waals surface area contributed by atoms with Crippen LogP contribution in [0.25, 0.3) is 50.6 Å². The van der Waals surface area contributed by atoms with Crippen LogP contribution in [0.15, 0.2) is 163 Å². The van der Waals surface area contributed by atoms with Crippen LogP contribution in [0.4, 0.5) is 0 Å². The van der Waals surface area contributed by atoms with Gasteiger partial charge in [-0.1, -0.05) is 186 Å². The fourth-order valence-electron chi connectivity index (χ4n) is 10.3. The molecular weight excluding hydrogens is 713 g/mol. The molecule has 0 saturated heterocycles. The summed E-state index contributed by atoms with van der Waals surface area (Å²) in [6.45, 7) is 14.1. The summed E-state index contributed by atoms with van der Waals surface area (Å²) in [5, 5.41) is 2.63. The molecule has 4 aliphatic carbocycles. The molecule has 294 valence electrons. The zero-order valence-corrected chi connectivity index (χ0v) is 35.6. The molecule has 0 bridgehead atoms. The zero-order valence-electron chi connectivity index (χ0n) is 35.6. The smallest absolute Gasteiger partial charge is 0.131 e. The van der Waals surface area contributed by atoms with Crippen LogP contribution < -0.4 is 15.2 Å². The highest BCUT2D eigenvalue weighted by molar-refractivity contribution is 5.83. The summed E-state index contributed by atoms with van der Waals surface area (Å²) >= 11 is 0. The lowest BCUT2D eigenvalue weighted by Crippen LogP contribution is -2.46. The minimum Gasteiger partial charge on any atom is -0.485 e. The largest absolute Gasteiger partial charge is 0.485 e. The maximum absolute atomic E-state index is 7.08. The normalized spacial score (nSPS) is 21.9. The van der Waals surface area contributed by atoms with E-state index in [9.17, 15) is 0 Å². The molecule has 1 nitrogen and oxygen atoms in total. The molecular formula is C58H56O. The van der Waals surface area contributed by atoms with Crippen molar-refractivity contribution in [2.24, 2.45) is 16.7 Å². The average molecular weight is 769 g/mol. The van der Waals surface area contributed by atoms with Gasteiger partial charge in [-0.25, -0.2) is 0 Å². The lowest BCUT2D eigenvalue weighted by atomic mass is 9.68. The topological polar surface area (TPSA) is 9.23 Å². The molecule has 0 aromatic heterocycles. The summed E-state index contributed by atoms with van der Waals surface area (Å²) in [5.74, 6) is 2.12. The van der Waals surface area contributed by atoms with Gasteiger partial charge in [-0.05, 0) is 127 Å². The van der Waals surface area contributed by atoms with Gasteiger partial charge in [0.15, 0.2) is 0 Å². The highest BCUT2D eigenvalue weighted by Crippen LogP contribution is 2.52. The van der Waals surface area contributed by atoms with E-state index in [4.69, 9.17) is 4.74 Å². The SMILES string of the molecule is CC(C)(C)C1=CC(c2cc(-c3cccc(-c4cccc(-c5cccc6c5OC5C=c7ccccc7=C7C=CCC6C75)c4)c3)cc(C3C=CC=C(C(C)(C)C)C3)c2)=CCC1. The molecule has 5 aliphatic rings. The Labute approximate surface area is 351 Å². The summed E-state index contributed by atoms with van der Waals surface area (Å²) in [6.07, 6.45) is 23.4. The Balaban J connectivity index is 1.02. The molecule has 4 atom stereocenters. The second-order valence-electron chi connectivity index (χ2n) is 19.5. The second-order valence-corrected chi connectivity index (χ2v) is 19.5. The van der Waals surface area contributed by atoms with Crippen LogP contribution >= 0.6 is 0 Å². The summed E-state index contributed by atoms with van der Waals surface area (Å²) in [5.41, 5.74) is 17.5. The summed E-state index contributed by atoms with van der Waals surface area (Å²) in [6, 6.07) is 41.2. The van der Waals surface area contributed by atoms with Crippen LogP contribution in [0.5, 0.6) is 5.75 Å². The van der Waals surface area contributed by atoms with E-state index in [0.717, 1.165) is 31.4 Å². The van der Waals surface area contributed by atoms with Gasteiger partial charge in [0.05, 0.1) is 0 Å². The van der Waals surface area contributed by atoms with Crippen molar-refractivity contribution in [1.82, 2.24) is 0 Å².